The van der Waals surface area contributed by atoms with Crippen LogP contribution in [-0.2, 0) is 14.8 Å². The van der Waals surface area contributed by atoms with Gasteiger partial charge in [-0.1, -0.05) is 0 Å². The zero-order valence-corrected chi connectivity index (χ0v) is 12.6. The van der Waals surface area contributed by atoms with Crippen molar-refractivity contribution in [2.45, 2.75) is 36.3 Å². The van der Waals surface area contributed by atoms with Crippen molar-refractivity contribution in [3.63, 3.8) is 0 Å². The number of ether oxygens (including phenoxy) is 1. The van der Waals surface area contributed by atoms with Crippen molar-refractivity contribution in [1.82, 2.24) is 9.71 Å². The van der Waals surface area contributed by atoms with E-state index in [1.165, 1.54) is 7.11 Å². The minimum Gasteiger partial charge on any atom is -0.383 e. The van der Waals surface area contributed by atoms with Gasteiger partial charge < -0.3 is 4.74 Å². The smallest absolute Gasteiger partial charge is 0.283 e. The Morgan fingerprint density at radius 2 is 2.19 bits per heavy atom. The average Bonchev–Trinajstić information content (AvgIpc) is 3.32. The molecule has 0 atom stereocenters. The minimum atomic E-state index is -3.74. The molecule has 3 rings (SSSR count). The topological polar surface area (TPSA) is 85.4 Å². The Bertz CT molecular complexity index is 663. The van der Waals surface area contributed by atoms with Crippen LogP contribution in [0.4, 0.5) is 0 Å². The van der Waals surface area contributed by atoms with Gasteiger partial charge in [-0.25, -0.2) is 13.1 Å². The van der Waals surface area contributed by atoms with Gasteiger partial charge >= 0.3 is 0 Å². The van der Waals surface area contributed by atoms with Gasteiger partial charge in [0.25, 0.3) is 5.91 Å². The molecule has 1 N–H and O–H groups in total. The molecule has 1 amide bonds. The van der Waals surface area contributed by atoms with E-state index >= 15 is 0 Å². The highest BCUT2D eigenvalue weighted by Crippen LogP contribution is 2.43. The van der Waals surface area contributed by atoms with E-state index in [1.807, 2.05) is 6.07 Å². The number of pyridine rings is 1. The highest BCUT2D eigenvalue weighted by atomic mass is 32.2. The second-order valence-corrected chi connectivity index (χ2v) is 7.88. The van der Waals surface area contributed by atoms with Gasteiger partial charge in [-0.05, 0) is 49.3 Å². The molecule has 2 aliphatic carbocycles. The molecule has 2 saturated carbocycles. The van der Waals surface area contributed by atoms with Crippen LogP contribution in [0, 0.1) is 0 Å². The summed E-state index contributed by atoms with van der Waals surface area (Å²) >= 11 is 0. The molecule has 1 aromatic heterocycles. The number of hydrogen-bond donors (Lipinski definition) is 1. The molecule has 0 radical (unpaired) electrons. The molecule has 0 unspecified atom stereocenters. The fourth-order valence-electron chi connectivity index (χ4n) is 2.42. The molecule has 0 bridgehead atoms. The molecule has 6 nitrogen and oxygen atoms in total. The molecule has 1 heterocycles. The highest BCUT2D eigenvalue weighted by molar-refractivity contribution is 7.91. The third-order valence-corrected chi connectivity index (χ3v) is 6.20. The van der Waals surface area contributed by atoms with Gasteiger partial charge in [-0.3, -0.25) is 9.78 Å². The van der Waals surface area contributed by atoms with Crippen LogP contribution in [0.5, 0.6) is 0 Å². The fraction of sp³-hybridized carbons (Fsp3) is 0.571. The lowest BCUT2D eigenvalue weighted by atomic mass is 10.1. The molecule has 0 aromatic carbocycles. The van der Waals surface area contributed by atoms with Gasteiger partial charge in [-0.2, -0.15) is 0 Å². The highest BCUT2D eigenvalue weighted by Gasteiger charge is 2.55. The number of amides is 1. The molecule has 0 aliphatic heterocycles. The quantitative estimate of drug-likeness (QED) is 0.853. The van der Waals surface area contributed by atoms with Gasteiger partial charge in [0.1, 0.15) is 10.4 Å². The van der Waals surface area contributed by atoms with E-state index in [2.05, 4.69) is 9.71 Å². The van der Waals surface area contributed by atoms with Crippen LogP contribution in [0.2, 0.25) is 0 Å². The van der Waals surface area contributed by atoms with Crippen LogP contribution in [-0.4, -0.2) is 37.8 Å². The first-order valence-electron chi connectivity index (χ1n) is 6.99. The van der Waals surface area contributed by atoms with Crippen molar-refractivity contribution in [3.05, 3.63) is 29.6 Å². The van der Waals surface area contributed by atoms with E-state index in [9.17, 15) is 13.2 Å². The Hall–Kier alpha value is -1.47. The molecule has 114 valence electrons. The van der Waals surface area contributed by atoms with E-state index in [0.29, 0.717) is 18.8 Å². The van der Waals surface area contributed by atoms with Crippen LogP contribution < -0.4 is 4.72 Å². The van der Waals surface area contributed by atoms with E-state index in [1.54, 1.807) is 12.3 Å². The number of nitrogens with zero attached hydrogens (tertiary/aromatic N) is 1. The van der Waals surface area contributed by atoms with Gasteiger partial charge in [0, 0.05) is 13.3 Å². The maximum Gasteiger partial charge on any atom is 0.283 e. The molecule has 1 aromatic rings. The van der Waals surface area contributed by atoms with Crippen molar-refractivity contribution in [1.29, 1.82) is 0 Å². The predicted molar refractivity (Wildman–Crippen MR) is 76.4 cm³/mol. The second kappa shape index (κ2) is 5.06. The SMILES string of the molecule is COCC1(S(=O)(=O)NC(=O)c2cc(C3CC3)ccn2)CC1. The number of carbonyl (C=O) groups excluding carboxylic acids is 1. The van der Waals surface area contributed by atoms with Crippen molar-refractivity contribution in [2.75, 3.05) is 13.7 Å². The van der Waals surface area contributed by atoms with Crippen LogP contribution in [0.1, 0.15) is 47.7 Å². The van der Waals surface area contributed by atoms with E-state index in [4.69, 9.17) is 4.74 Å². The summed E-state index contributed by atoms with van der Waals surface area (Å²) in [6.45, 7) is 0.102. The molecule has 2 aliphatic rings. The maximum atomic E-state index is 12.3. The average molecular weight is 310 g/mol. The first kappa shape index (κ1) is 14.5. The van der Waals surface area contributed by atoms with Crippen LogP contribution >= 0.6 is 0 Å². The summed E-state index contributed by atoms with van der Waals surface area (Å²) in [5, 5.41) is 0. The van der Waals surface area contributed by atoms with E-state index in [-0.39, 0.29) is 12.3 Å². The van der Waals surface area contributed by atoms with Crippen LogP contribution in [0.3, 0.4) is 0 Å². The predicted octanol–water partition coefficient (Wildman–Crippen LogP) is 1.20. The standard InChI is InChI=1S/C14H18N2O4S/c1-20-9-14(5-6-14)21(18,19)16-13(17)12-8-11(4-7-15-12)10-2-3-10/h4,7-8,10H,2-3,5-6,9H2,1H3,(H,16,17). The van der Waals surface area contributed by atoms with Crippen molar-refractivity contribution < 1.29 is 17.9 Å². The summed E-state index contributed by atoms with van der Waals surface area (Å²) in [6.07, 6.45) is 4.80. The summed E-state index contributed by atoms with van der Waals surface area (Å²) < 4.78 is 30.7. The molecular weight excluding hydrogens is 292 g/mol. The third-order valence-electron chi connectivity index (χ3n) is 4.08. The molecule has 0 saturated heterocycles. The Morgan fingerprint density at radius 3 is 2.76 bits per heavy atom. The normalized spacial score (nSPS) is 20.0. The molecule has 2 fully saturated rings. The lowest BCUT2D eigenvalue weighted by molar-refractivity contribution is 0.0975. The molecular formula is C14H18N2O4S. The number of hydrogen-bond acceptors (Lipinski definition) is 5. The Morgan fingerprint density at radius 1 is 1.48 bits per heavy atom. The van der Waals surface area contributed by atoms with E-state index < -0.39 is 20.7 Å². The molecule has 0 spiro atoms. The maximum absolute atomic E-state index is 12.3. The monoisotopic (exact) mass is 310 g/mol. The minimum absolute atomic E-state index is 0.102. The number of methoxy groups -OCH3 is 1. The largest absolute Gasteiger partial charge is 0.383 e. The Kier molecular flexibility index (Phi) is 3.49. The summed E-state index contributed by atoms with van der Waals surface area (Å²) in [5.41, 5.74) is 1.20. The first-order valence-corrected chi connectivity index (χ1v) is 8.47. The van der Waals surface area contributed by atoms with E-state index in [0.717, 1.165) is 18.4 Å². The number of nitrogens with one attached hydrogen (secondary N) is 1. The van der Waals surface area contributed by atoms with Gasteiger partial charge in [0.05, 0.1) is 6.61 Å². The van der Waals surface area contributed by atoms with Crippen molar-refractivity contribution >= 4 is 15.9 Å². The third kappa shape index (κ3) is 2.80. The number of rotatable bonds is 6. The number of sulfonamides is 1. The molecule has 7 heteroatoms. The first-order chi connectivity index (χ1) is 9.97. The summed E-state index contributed by atoms with van der Waals surface area (Å²) in [7, 11) is -2.28. The van der Waals surface area contributed by atoms with Crippen molar-refractivity contribution in [3.8, 4) is 0 Å². The Balaban J connectivity index is 1.75. The van der Waals surface area contributed by atoms with Crippen LogP contribution in [0.15, 0.2) is 18.3 Å². The van der Waals surface area contributed by atoms with Gasteiger partial charge in [0.15, 0.2) is 0 Å². The van der Waals surface area contributed by atoms with Crippen molar-refractivity contribution in [2.24, 2.45) is 0 Å². The van der Waals surface area contributed by atoms with Crippen LogP contribution in [0.25, 0.3) is 0 Å². The zero-order valence-electron chi connectivity index (χ0n) is 11.8. The summed E-state index contributed by atoms with van der Waals surface area (Å²) in [6, 6.07) is 3.55. The second-order valence-electron chi connectivity index (χ2n) is 5.80. The zero-order chi connectivity index (χ0) is 15.1. The van der Waals surface area contributed by atoms with Gasteiger partial charge in [-0.15, -0.1) is 0 Å². The lowest BCUT2D eigenvalue weighted by Gasteiger charge is -2.15. The Labute approximate surface area is 124 Å². The number of aromatic nitrogens is 1. The van der Waals surface area contributed by atoms with Gasteiger partial charge in [0.2, 0.25) is 10.0 Å². The molecule has 21 heavy (non-hydrogen) atoms. The summed E-state index contributed by atoms with van der Waals surface area (Å²) in [5.74, 6) is -0.181. The number of carbonyl (C=O) groups is 1. The lowest BCUT2D eigenvalue weighted by Crippen LogP contribution is -2.42. The summed E-state index contributed by atoms with van der Waals surface area (Å²) in [4.78, 5) is 16.1. The fourth-order valence-corrected chi connectivity index (χ4v) is 3.90.